The summed E-state index contributed by atoms with van der Waals surface area (Å²) in [6, 6.07) is 10.9. The van der Waals surface area contributed by atoms with Crippen molar-refractivity contribution in [3.05, 3.63) is 60.2 Å². The van der Waals surface area contributed by atoms with Gasteiger partial charge in [0.25, 0.3) is 0 Å². The van der Waals surface area contributed by atoms with Crippen LogP contribution >= 0.6 is 10.7 Å². The van der Waals surface area contributed by atoms with Crippen LogP contribution in [0.25, 0.3) is 17.2 Å². The number of rotatable bonds is 15. The molecule has 0 fully saturated rings. The van der Waals surface area contributed by atoms with E-state index in [0.29, 0.717) is 46.4 Å². The monoisotopic (exact) mass is 625 g/mol. The molecule has 0 spiro atoms. The van der Waals surface area contributed by atoms with Crippen LogP contribution in [-0.4, -0.2) is 97.8 Å². The number of aryl methyl sites for hydroxylation is 1. The molecular weight excluding hydrogens is 586 g/mol. The average molecular weight is 626 g/mol. The highest BCUT2D eigenvalue weighted by molar-refractivity contribution is 8.16. The van der Waals surface area contributed by atoms with E-state index in [1.165, 1.54) is 0 Å². The van der Waals surface area contributed by atoms with Gasteiger partial charge in [-0.1, -0.05) is 29.7 Å². The van der Waals surface area contributed by atoms with E-state index in [0.717, 1.165) is 5.56 Å². The lowest BCUT2D eigenvalue weighted by Gasteiger charge is -2.27. The first kappa shape index (κ1) is 32.8. The summed E-state index contributed by atoms with van der Waals surface area (Å²) in [6.45, 7) is 5.79. The third-order valence-electron chi connectivity index (χ3n) is 6.83. The number of aliphatic hydroxyl groups excluding tert-OH is 2. The summed E-state index contributed by atoms with van der Waals surface area (Å²) >= 11 is 0. The van der Waals surface area contributed by atoms with Gasteiger partial charge in [0.1, 0.15) is 34.8 Å². The van der Waals surface area contributed by atoms with E-state index in [9.17, 15) is 10.2 Å². The van der Waals surface area contributed by atoms with Crippen molar-refractivity contribution in [3.63, 3.8) is 0 Å². The van der Waals surface area contributed by atoms with Crippen molar-refractivity contribution in [3.8, 4) is 34.6 Å². The maximum Gasteiger partial charge on any atom is 0.239 e. The number of nitrogens with zero attached hydrogens (tertiary/aromatic N) is 6. The lowest BCUT2D eigenvalue weighted by molar-refractivity contribution is 0.00158. The SMILES string of the molecule is C/C=S(\Nc1nnc(-c2cccc(OC)n2)n1-c1c(OC)cccc1OC)[C@@H](C)C(COC[C@H](O)CO)c1ncc(C)cn1. The molecule has 0 amide bonds. The number of pyridine rings is 1. The molecule has 0 aliphatic carbocycles. The lowest BCUT2D eigenvalue weighted by atomic mass is 10.1. The molecule has 0 saturated carbocycles. The van der Waals surface area contributed by atoms with E-state index in [4.69, 9.17) is 18.9 Å². The first-order valence-electron chi connectivity index (χ1n) is 14.0. The smallest absolute Gasteiger partial charge is 0.239 e. The van der Waals surface area contributed by atoms with E-state index >= 15 is 0 Å². The first-order valence-corrected chi connectivity index (χ1v) is 15.3. The second-order valence-electron chi connectivity index (χ2n) is 9.77. The predicted octanol–water partition coefficient (Wildman–Crippen LogP) is 3.41. The Hall–Kier alpha value is -4.11. The van der Waals surface area contributed by atoms with Crippen molar-refractivity contribution >= 4 is 22.0 Å². The molecular formula is C30H39N7O6S. The van der Waals surface area contributed by atoms with Gasteiger partial charge in [-0.3, -0.25) is 4.57 Å². The molecule has 3 aromatic heterocycles. The number of anilines is 1. The zero-order valence-corrected chi connectivity index (χ0v) is 26.5. The van der Waals surface area contributed by atoms with Crippen LogP contribution in [0.4, 0.5) is 5.95 Å². The molecule has 0 saturated heterocycles. The third-order valence-corrected chi connectivity index (χ3v) is 8.89. The van der Waals surface area contributed by atoms with Gasteiger partial charge in [0, 0.05) is 23.7 Å². The maximum absolute atomic E-state index is 9.85. The van der Waals surface area contributed by atoms with Crippen LogP contribution in [-0.2, 0) is 4.74 Å². The number of benzene rings is 1. The van der Waals surface area contributed by atoms with Gasteiger partial charge in [-0.15, -0.1) is 10.2 Å². The van der Waals surface area contributed by atoms with Gasteiger partial charge >= 0.3 is 0 Å². The van der Waals surface area contributed by atoms with Gasteiger partial charge in [0.15, 0.2) is 5.82 Å². The molecule has 14 heteroatoms. The molecule has 0 aliphatic heterocycles. The first-order chi connectivity index (χ1) is 21.3. The van der Waals surface area contributed by atoms with Crippen molar-refractivity contribution in [2.45, 2.75) is 38.0 Å². The summed E-state index contributed by atoms with van der Waals surface area (Å²) in [4.78, 5) is 13.8. The summed E-state index contributed by atoms with van der Waals surface area (Å²) in [7, 11) is 4.11. The zero-order valence-electron chi connectivity index (χ0n) is 25.7. The van der Waals surface area contributed by atoms with E-state index in [-0.39, 0.29) is 31.0 Å². The summed E-state index contributed by atoms with van der Waals surface area (Å²) in [6.07, 6.45) is 2.56. The Morgan fingerprint density at radius 1 is 0.977 bits per heavy atom. The van der Waals surface area contributed by atoms with Crippen LogP contribution in [0, 0.1) is 6.92 Å². The summed E-state index contributed by atoms with van der Waals surface area (Å²) in [5.41, 5.74) is 2.07. The quantitative estimate of drug-likeness (QED) is 0.166. The number of para-hydroxylation sites is 1. The molecule has 0 bridgehead atoms. The van der Waals surface area contributed by atoms with Crippen molar-refractivity contribution < 1.29 is 29.2 Å². The number of aliphatic hydroxyl groups is 2. The van der Waals surface area contributed by atoms with Crippen molar-refractivity contribution in [1.82, 2.24) is 29.7 Å². The fourth-order valence-corrected chi connectivity index (χ4v) is 6.11. The van der Waals surface area contributed by atoms with Crippen LogP contribution < -0.4 is 18.9 Å². The van der Waals surface area contributed by atoms with Crippen LogP contribution in [0.2, 0.25) is 0 Å². The van der Waals surface area contributed by atoms with Gasteiger partial charge in [0.05, 0.1) is 47.1 Å². The van der Waals surface area contributed by atoms with E-state index in [1.54, 1.807) is 39.8 Å². The normalized spacial score (nSPS) is 14.1. The number of aromatic nitrogens is 6. The average Bonchev–Trinajstić information content (AvgIpc) is 3.48. The molecule has 0 radical (unpaired) electrons. The standard InChI is InChI=1S/C30H39N7O6S/c1-7-44(20(3)22(18-43-17-21(39)16-38)28-31-14-19(2)15-32-28)36-30-35-34-29(23-10-8-13-26(33-23)42-6)37(30)27-24(40-4)11-9-12-25(27)41-5/h7-15,20-22,38-39H,16-18H2,1-6H3,(H,35,36)/t20-,21+,22?,44?/m0/s1. The Labute approximate surface area is 259 Å². The third kappa shape index (κ3) is 7.50. The Morgan fingerprint density at radius 3 is 2.27 bits per heavy atom. The van der Waals surface area contributed by atoms with Gasteiger partial charge in [-0.2, -0.15) is 0 Å². The van der Waals surface area contributed by atoms with Gasteiger partial charge in [0.2, 0.25) is 11.8 Å². The predicted molar refractivity (Wildman–Crippen MR) is 170 cm³/mol. The van der Waals surface area contributed by atoms with E-state index in [1.807, 2.05) is 48.7 Å². The Kier molecular flexibility index (Phi) is 11.6. The fourth-order valence-electron chi connectivity index (χ4n) is 4.48. The Balaban J connectivity index is 1.79. The highest BCUT2D eigenvalue weighted by atomic mass is 32.2. The van der Waals surface area contributed by atoms with Crippen molar-refractivity contribution in [2.75, 3.05) is 45.9 Å². The van der Waals surface area contributed by atoms with Crippen LogP contribution in [0.15, 0.2) is 48.8 Å². The summed E-state index contributed by atoms with van der Waals surface area (Å²) in [5, 5.41) is 30.1. The van der Waals surface area contributed by atoms with Crippen LogP contribution in [0.5, 0.6) is 17.4 Å². The molecule has 236 valence electrons. The number of hydrogen-bond donors (Lipinski definition) is 3. The number of ether oxygens (including phenoxy) is 4. The molecule has 44 heavy (non-hydrogen) atoms. The van der Waals surface area contributed by atoms with E-state index < -0.39 is 16.8 Å². The molecule has 13 nitrogen and oxygen atoms in total. The topological polar surface area (TPSA) is 159 Å². The fraction of sp³-hybridized carbons (Fsp3) is 0.400. The lowest BCUT2D eigenvalue weighted by Crippen LogP contribution is -2.27. The minimum absolute atomic E-state index is 0.0125. The summed E-state index contributed by atoms with van der Waals surface area (Å²) in [5.74, 6) is 2.75. The number of hydrogen-bond acceptors (Lipinski definition) is 12. The molecule has 3 N–H and O–H groups in total. The zero-order chi connectivity index (χ0) is 31.6. The maximum atomic E-state index is 9.85. The molecule has 1 aromatic carbocycles. The van der Waals surface area contributed by atoms with Crippen molar-refractivity contribution in [2.24, 2.45) is 0 Å². The highest BCUT2D eigenvalue weighted by Gasteiger charge is 2.28. The summed E-state index contributed by atoms with van der Waals surface area (Å²) < 4.78 is 28.1. The molecule has 2 unspecified atom stereocenters. The molecule has 4 atom stereocenters. The van der Waals surface area contributed by atoms with Gasteiger partial charge < -0.3 is 33.9 Å². The van der Waals surface area contributed by atoms with Gasteiger partial charge in [-0.05, 0) is 43.0 Å². The molecule has 0 aliphatic rings. The van der Waals surface area contributed by atoms with Crippen LogP contribution in [0.3, 0.4) is 0 Å². The highest BCUT2D eigenvalue weighted by Crippen LogP contribution is 2.40. The second-order valence-corrected chi connectivity index (χ2v) is 11.9. The minimum Gasteiger partial charge on any atom is -0.494 e. The van der Waals surface area contributed by atoms with Crippen molar-refractivity contribution in [1.29, 1.82) is 0 Å². The largest absolute Gasteiger partial charge is 0.494 e. The molecule has 4 rings (SSSR count). The Morgan fingerprint density at radius 2 is 1.66 bits per heavy atom. The van der Waals surface area contributed by atoms with Crippen LogP contribution in [0.1, 0.15) is 31.2 Å². The molecule has 3 heterocycles. The Bertz CT molecular complexity index is 1530. The van der Waals surface area contributed by atoms with E-state index in [2.05, 4.69) is 42.2 Å². The number of nitrogens with one attached hydrogen (secondary N) is 1. The van der Waals surface area contributed by atoms with Gasteiger partial charge in [-0.25, -0.2) is 15.0 Å². The number of methoxy groups -OCH3 is 3. The molecule has 4 aromatic rings. The second kappa shape index (κ2) is 15.6. The minimum atomic E-state index is -0.975.